The van der Waals surface area contributed by atoms with Gasteiger partial charge in [0.15, 0.2) is 18.1 Å². The van der Waals surface area contributed by atoms with Crippen molar-refractivity contribution in [1.29, 1.82) is 0 Å². The monoisotopic (exact) mass is 484 g/mol. The molecule has 4 aliphatic rings. The molecule has 5 rings (SSSR count). The molecule has 0 amide bonds. The van der Waals surface area contributed by atoms with Gasteiger partial charge in [-0.15, -0.1) is 0 Å². The predicted molar refractivity (Wildman–Crippen MR) is 116 cm³/mol. The van der Waals surface area contributed by atoms with Crippen LogP contribution in [0.1, 0.15) is 32.1 Å². The van der Waals surface area contributed by atoms with Crippen LogP contribution in [0, 0.1) is 11.6 Å². The van der Waals surface area contributed by atoms with Crippen LogP contribution in [0.5, 0.6) is 0 Å². The lowest BCUT2D eigenvalue weighted by Gasteiger charge is -2.34. The van der Waals surface area contributed by atoms with Crippen molar-refractivity contribution < 1.29 is 31.0 Å². The van der Waals surface area contributed by atoms with Crippen molar-refractivity contribution in [3.8, 4) is 0 Å². The van der Waals surface area contributed by atoms with Gasteiger partial charge in [-0.1, -0.05) is 6.42 Å². The molecular formula is C21H28F2N5O4S+. The average Bonchev–Trinajstić information content (AvgIpc) is 3.56. The summed E-state index contributed by atoms with van der Waals surface area (Å²) >= 11 is 0. The van der Waals surface area contributed by atoms with Crippen LogP contribution in [-0.4, -0.2) is 64.1 Å². The average molecular weight is 485 g/mol. The number of anilines is 1. The Hall–Kier alpha value is -2.28. The molecule has 0 aromatic heterocycles. The van der Waals surface area contributed by atoms with Gasteiger partial charge in [-0.3, -0.25) is 0 Å². The molecule has 12 heteroatoms. The molecule has 3 fully saturated rings. The Balaban J connectivity index is 1.43. The highest BCUT2D eigenvalue weighted by Gasteiger charge is 2.52. The molecule has 0 spiro atoms. The van der Waals surface area contributed by atoms with Crippen molar-refractivity contribution in [2.45, 2.75) is 50.5 Å². The summed E-state index contributed by atoms with van der Waals surface area (Å²) < 4.78 is 63.8. The number of allylic oxidation sites excluding steroid dienone is 1. The summed E-state index contributed by atoms with van der Waals surface area (Å²) in [6.45, 7) is 1.52. The zero-order valence-corrected chi connectivity index (χ0v) is 18.9. The molecule has 33 heavy (non-hydrogen) atoms. The van der Waals surface area contributed by atoms with Gasteiger partial charge in [0.25, 0.3) is 0 Å². The molecule has 2 atom stereocenters. The van der Waals surface area contributed by atoms with Crippen LogP contribution in [0.25, 0.3) is 0 Å². The molecule has 9 nitrogen and oxygen atoms in total. The first-order valence-electron chi connectivity index (χ1n) is 11.3. The first kappa shape index (κ1) is 22.5. The van der Waals surface area contributed by atoms with Gasteiger partial charge in [-0.2, -0.15) is 18.7 Å². The predicted octanol–water partition coefficient (Wildman–Crippen LogP) is 0.460. The van der Waals surface area contributed by atoms with Crippen LogP contribution >= 0.6 is 0 Å². The number of nitrogens with two attached hydrogens (primary N) is 1. The quantitative estimate of drug-likeness (QED) is 0.589. The number of hydrogen-bond donors (Lipinski definition) is 2. The topological polar surface area (TPSA) is 105 Å². The van der Waals surface area contributed by atoms with E-state index in [1.165, 1.54) is 23.6 Å². The van der Waals surface area contributed by atoms with Crippen LogP contribution in [0.15, 0.2) is 34.8 Å². The molecule has 0 radical (unpaired) electrons. The van der Waals surface area contributed by atoms with E-state index in [1.54, 1.807) is 6.21 Å². The third-order valence-corrected chi connectivity index (χ3v) is 7.76. The molecule has 3 heterocycles. The Morgan fingerprint density at radius 3 is 2.39 bits per heavy atom. The van der Waals surface area contributed by atoms with E-state index in [0.29, 0.717) is 41.9 Å². The molecule has 180 valence electrons. The number of rotatable bonds is 5. The standard InChI is InChI=1S/C21H27F2N5O4S/c22-14-10-15(23)12-16(11-14)28-21-20(32-21)19(31-17-4-2-1-3-5-17)18(13-25-28)26-6-8-27(9-7-26)33(24,29)30/h10-13,17,20-21H,1-9H2,(H2,24,29,30)/p+1. The van der Waals surface area contributed by atoms with Gasteiger partial charge in [0.1, 0.15) is 24.7 Å². The number of nitrogens with one attached hydrogen (secondary N) is 1. The van der Waals surface area contributed by atoms with Crippen molar-refractivity contribution in [1.82, 2.24) is 4.90 Å². The summed E-state index contributed by atoms with van der Waals surface area (Å²) in [7, 11) is -3.67. The molecule has 2 unspecified atom stereocenters. The van der Waals surface area contributed by atoms with Gasteiger partial charge in [0.2, 0.25) is 0 Å². The second kappa shape index (κ2) is 8.82. The summed E-state index contributed by atoms with van der Waals surface area (Å²) in [5.41, 5.74) is 0.957. The van der Waals surface area contributed by atoms with E-state index in [9.17, 15) is 17.2 Å². The van der Waals surface area contributed by atoms with Gasteiger partial charge in [0, 0.05) is 6.07 Å². The summed E-state index contributed by atoms with van der Waals surface area (Å²) in [6.07, 6.45) is 6.01. The van der Waals surface area contributed by atoms with E-state index in [0.717, 1.165) is 31.7 Å². The molecule has 3 aliphatic heterocycles. The maximum absolute atomic E-state index is 13.8. The summed E-state index contributed by atoms with van der Waals surface area (Å²) in [4.78, 5) is 2.02. The second-order valence-corrected chi connectivity index (χ2v) is 10.5. The van der Waals surface area contributed by atoms with Crippen molar-refractivity contribution in [2.24, 2.45) is 10.2 Å². The number of epoxide rings is 1. The number of piperazine rings is 1. The zero-order valence-electron chi connectivity index (χ0n) is 18.1. The fourth-order valence-electron chi connectivity index (χ4n) is 4.77. The third-order valence-electron chi connectivity index (χ3n) is 6.55. The normalized spacial score (nSPS) is 26.9. The highest BCUT2D eigenvalue weighted by Crippen LogP contribution is 2.41. The van der Waals surface area contributed by atoms with Crippen molar-refractivity contribution in [3.63, 3.8) is 0 Å². The number of nitrogens with zero attached hydrogens (tertiary/aromatic N) is 3. The fraction of sp³-hybridized carbons (Fsp3) is 0.571. The lowest BCUT2D eigenvalue weighted by atomic mass is 9.97. The number of hydrogen-bond acceptors (Lipinski definition) is 7. The van der Waals surface area contributed by atoms with E-state index in [1.807, 2.05) is 4.90 Å². The maximum atomic E-state index is 13.8. The van der Waals surface area contributed by atoms with E-state index in [-0.39, 0.29) is 11.8 Å². The Kier molecular flexibility index (Phi) is 6.02. The molecule has 1 aromatic carbocycles. The minimum atomic E-state index is -3.67. The number of ether oxygens (including phenoxy) is 2. The van der Waals surface area contributed by atoms with E-state index in [2.05, 4.69) is 5.10 Å². The highest BCUT2D eigenvalue weighted by atomic mass is 32.2. The smallest absolute Gasteiger partial charge is 0.366 e. The molecule has 3 N–H and O–H groups in total. The van der Waals surface area contributed by atoms with Gasteiger partial charge < -0.3 is 14.4 Å². The molecule has 2 saturated heterocycles. The van der Waals surface area contributed by atoms with E-state index < -0.39 is 34.2 Å². The zero-order chi connectivity index (χ0) is 23.2. The largest absolute Gasteiger partial charge is 0.490 e. The van der Waals surface area contributed by atoms with Gasteiger partial charge >= 0.3 is 10.2 Å². The lowest BCUT2D eigenvalue weighted by Crippen LogP contribution is -3.17. The Morgan fingerprint density at radius 2 is 1.76 bits per heavy atom. The highest BCUT2D eigenvalue weighted by molar-refractivity contribution is 7.82. The summed E-state index contributed by atoms with van der Waals surface area (Å²) in [6, 6.07) is 3.23. The second-order valence-electron chi connectivity index (χ2n) is 8.86. The van der Waals surface area contributed by atoms with E-state index in [4.69, 9.17) is 14.6 Å². The number of hydrazone groups is 1. The number of halogens is 2. The van der Waals surface area contributed by atoms with Crippen molar-refractivity contribution in [3.05, 3.63) is 41.3 Å². The minimum absolute atomic E-state index is 0.0662. The summed E-state index contributed by atoms with van der Waals surface area (Å²) in [5, 5.41) is 11.3. The molecule has 1 saturated carbocycles. The van der Waals surface area contributed by atoms with Gasteiger partial charge in [0.05, 0.1) is 36.8 Å². The minimum Gasteiger partial charge on any atom is -0.490 e. The van der Waals surface area contributed by atoms with Crippen molar-refractivity contribution >= 4 is 22.1 Å². The number of benzene rings is 1. The molecule has 1 aliphatic carbocycles. The maximum Gasteiger partial charge on any atom is 0.366 e. The van der Waals surface area contributed by atoms with Gasteiger partial charge in [-0.05, 0) is 37.8 Å². The van der Waals surface area contributed by atoms with Crippen LogP contribution in [0.3, 0.4) is 0 Å². The summed E-state index contributed by atoms with van der Waals surface area (Å²) in [5.74, 6) is -0.750. The van der Waals surface area contributed by atoms with Crippen LogP contribution in [0.4, 0.5) is 14.5 Å². The Labute approximate surface area is 191 Å². The SMILES string of the molecule is NS(=O)(=O)[NH+]1CCN(C2=C(OC3CCCCC3)C3OC3N(c3cc(F)cc(F)c3)N=C2)CC1. The Bertz CT molecular complexity index is 1050. The molecule has 0 bridgehead atoms. The number of fused-ring (bicyclic) bond motifs is 1. The third kappa shape index (κ3) is 4.84. The van der Waals surface area contributed by atoms with Crippen LogP contribution in [-0.2, 0) is 19.7 Å². The van der Waals surface area contributed by atoms with E-state index >= 15 is 0 Å². The first-order valence-corrected chi connectivity index (χ1v) is 12.8. The lowest BCUT2D eigenvalue weighted by molar-refractivity contribution is -0.773. The Morgan fingerprint density at radius 1 is 1.09 bits per heavy atom. The first-order chi connectivity index (χ1) is 15.8. The van der Waals surface area contributed by atoms with Crippen molar-refractivity contribution in [2.75, 3.05) is 31.2 Å². The van der Waals surface area contributed by atoms with Gasteiger partial charge in [-0.25, -0.2) is 18.1 Å². The van der Waals surface area contributed by atoms with Crippen LogP contribution < -0.4 is 14.5 Å². The fourth-order valence-corrected chi connectivity index (χ4v) is 5.52. The van der Waals surface area contributed by atoms with Crippen LogP contribution in [0.2, 0.25) is 0 Å². The number of quaternary nitrogens is 1. The molecule has 1 aromatic rings. The molecular weight excluding hydrogens is 456 g/mol.